The molecule has 0 unspecified atom stereocenters. The molecule has 5 rings (SSSR count). The summed E-state index contributed by atoms with van der Waals surface area (Å²) in [5, 5.41) is 1.38. The van der Waals surface area contributed by atoms with Gasteiger partial charge in [-0.2, -0.15) is 0 Å². The molecule has 6 nitrogen and oxygen atoms in total. The lowest BCUT2D eigenvalue weighted by Gasteiger charge is -2.24. The largest absolute Gasteiger partial charge is 0.486 e. The minimum atomic E-state index is -0.672. The molecule has 42 heavy (non-hydrogen) atoms. The average Bonchev–Trinajstić information content (AvgIpc) is 3.23. The quantitative estimate of drug-likeness (QED) is 0.188. The highest BCUT2D eigenvalue weighted by Crippen LogP contribution is 2.36. The van der Waals surface area contributed by atoms with E-state index >= 15 is 0 Å². The van der Waals surface area contributed by atoms with Gasteiger partial charge in [0.05, 0.1) is 37.9 Å². The molecule has 0 radical (unpaired) electrons. The third-order valence-electron chi connectivity index (χ3n) is 6.62. The van der Waals surface area contributed by atoms with Crippen LogP contribution in [-0.4, -0.2) is 17.1 Å². The number of fused-ring (bicyclic) bond motifs is 1. The molecule has 11 heteroatoms. The number of ether oxygens (including phenoxy) is 2. The van der Waals surface area contributed by atoms with Gasteiger partial charge in [-0.1, -0.05) is 82.0 Å². The van der Waals surface area contributed by atoms with E-state index in [0.717, 1.165) is 16.7 Å². The zero-order valence-corrected chi connectivity index (χ0v) is 27.4. The summed E-state index contributed by atoms with van der Waals surface area (Å²) in [7, 11) is 0. The van der Waals surface area contributed by atoms with Gasteiger partial charge in [0.25, 0.3) is 5.56 Å². The Hall–Kier alpha value is -2.88. The van der Waals surface area contributed by atoms with E-state index in [0.29, 0.717) is 51.5 Å². The number of carbonyl (C=O) groups excluding carboxylic acids is 1. The number of rotatable bonds is 7. The van der Waals surface area contributed by atoms with Crippen LogP contribution in [0.4, 0.5) is 0 Å². The molecule has 0 saturated carbocycles. The summed E-state index contributed by atoms with van der Waals surface area (Å²) in [6, 6.07) is 15.8. The van der Waals surface area contributed by atoms with Crippen molar-refractivity contribution >= 4 is 74.1 Å². The predicted molar refractivity (Wildman–Crippen MR) is 172 cm³/mol. The van der Waals surface area contributed by atoms with Crippen LogP contribution in [0.1, 0.15) is 42.1 Å². The molecule has 2 heterocycles. The van der Waals surface area contributed by atoms with Gasteiger partial charge in [-0.25, -0.2) is 9.79 Å². The number of halogens is 4. The molecule has 0 amide bonds. The first kappa shape index (κ1) is 30.6. The van der Waals surface area contributed by atoms with Crippen molar-refractivity contribution in [3.63, 3.8) is 0 Å². The number of thiazole rings is 1. The maximum atomic E-state index is 13.9. The van der Waals surface area contributed by atoms with Crippen LogP contribution in [0.5, 0.6) is 5.75 Å². The number of esters is 1. The maximum Gasteiger partial charge on any atom is 0.338 e. The van der Waals surface area contributed by atoms with Crippen molar-refractivity contribution in [1.29, 1.82) is 0 Å². The smallest absolute Gasteiger partial charge is 0.338 e. The van der Waals surface area contributed by atoms with E-state index in [2.05, 4.69) is 20.9 Å². The standard InChI is InChI=1S/C31H24BrCl3N2O4S/c1-4-40-30(39)26-17(3)36-31-37(27(26)19-7-5-16(2)6-8-19)29(38)25(42-31)13-18-11-22(32)28(24(35)12-18)41-15-20-9-10-21(33)14-23(20)34/h5-14,27H,4,15H2,1-3H3/b25-13+/t27-/m1/s1. The van der Waals surface area contributed by atoms with Gasteiger partial charge in [-0.3, -0.25) is 9.36 Å². The molecule has 1 atom stereocenters. The van der Waals surface area contributed by atoms with Crippen LogP contribution in [0, 0.1) is 6.92 Å². The third-order valence-corrected chi connectivity index (χ3v) is 9.06. The van der Waals surface area contributed by atoms with Crippen molar-refractivity contribution in [3.05, 3.63) is 127 Å². The number of carbonyl (C=O) groups is 1. The Morgan fingerprint density at radius 2 is 1.81 bits per heavy atom. The second-order valence-corrected chi connectivity index (χ2v) is 12.7. The van der Waals surface area contributed by atoms with E-state index in [9.17, 15) is 9.59 Å². The van der Waals surface area contributed by atoms with E-state index < -0.39 is 12.0 Å². The molecule has 3 aromatic carbocycles. The van der Waals surface area contributed by atoms with Crippen molar-refractivity contribution in [3.8, 4) is 5.75 Å². The Morgan fingerprint density at radius 3 is 2.48 bits per heavy atom. The highest BCUT2D eigenvalue weighted by atomic mass is 79.9. The van der Waals surface area contributed by atoms with E-state index in [1.807, 2.05) is 37.3 Å². The topological polar surface area (TPSA) is 69.9 Å². The van der Waals surface area contributed by atoms with Crippen LogP contribution in [-0.2, 0) is 16.1 Å². The van der Waals surface area contributed by atoms with Gasteiger partial charge >= 0.3 is 5.97 Å². The molecule has 0 spiro atoms. The lowest BCUT2D eigenvalue weighted by molar-refractivity contribution is -0.139. The molecule has 1 aliphatic rings. The number of allylic oxidation sites excluding steroid dienone is 1. The first-order valence-corrected chi connectivity index (χ1v) is 15.6. The molecule has 1 aromatic heterocycles. The van der Waals surface area contributed by atoms with Crippen LogP contribution in [0.25, 0.3) is 6.08 Å². The number of hydrogen-bond acceptors (Lipinski definition) is 6. The van der Waals surface area contributed by atoms with E-state index in [1.54, 1.807) is 48.8 Å². The monoisotopic (exact) mass is 704 g/mol. The van der Waals surface area contributed by atoms with Crippen LogP contribution in [0.2, 0.25) is 15.1 Å². The minimum absolute atomic E-state index is 0.188. The summed E-state index contributed by atoms with van der Waals surface area (Å²) >= 11 is 23.7. The molecule has 216 valence electrons. The van der Waals surface area contributed by atoms with Gasteiger partial charge in [0, 0.05) is 15.6 Å². The van der Waals surface area contributed by atoms with E-state index in [4.69, 9.17) is 44.3 Å². The molecule has 0 aliphatic carbocycles. The van der Waals surface area contributed by atoms with Gasteiger partial charge in [0.2, 0.25) is 0 Å². The highest BCUT2D eigenvalue weighted by molar-refractivity contribution is 9.10. The average molecular weight is 707 g/mol. The normalized spacial score (nSPS) is 14.9. The zero-order valence-electron chi connectivity index (χ0n) is 22.7. The first-order valence-electron chi connectivity index (χ1n) is 12.9. The van der Waals surface area contributed by atoms with Crippen LogP contribution in [0.3, 0.4) is 0 Å². The Labute approximate surface area is 269 Å². The van der Waals surface area contributed by atoms with Crippen molar-refractivity contribution in [2.45, 2.75) is 33.4 Å². The van der Waals surface area contributed by atoms with Crippen molar-refractivity contribution < 1.29 is 14.3 Å². The summed E-state index contributed by atoms with van der Waals surface area (Å²) in [5.74, 6) is -0.0554. The number of aromatic nitrogens is 1. The molecule has 0 fully saturated rings. The van der Waals surface area contributed by atoms with Crippen molar-refractivity contribution in [1.82, 2.24) is 4.57 Å². The minimum Gasteiger partial charge on any atom is -0.486 e. The molecule has 4 aromatic rings. The molecule has 0 saturated heterocycles. The van der Waals surface area contributed by atoms with Crippen LogP contribution >= 0.6 is 62.1 Å². The molecular formula is C31H24BrCl3N2O4S. The van der Waals surface area contributed by atoms with Gasteiger partial charge in [0.1, 0.15) is 6.61 Å². The van der Waals surface area contributed by atoms with Gasteiger partial charge in [-0.05, 0) is 78.2 Å². The van der Waals surface area contributed by atoms with Crippen LogP contribution in [0.15, 0.2) is 80.1 Å². The maximum absolute atomic E-state index is 13.9. The Kier molecular flexibility index (Phi) is 9.30. The molecule has 0 bridgehead atoms. The summed E-state index contributed by atoms with van der Waals surface area (Å²) in [5.41, 5.74) is 3.88. The number of nitrogens with zero attached hydrogens (tertiary/aromatic N) is 2. The predicted octanol–water partition coefficient (Wildman–Crippen LogP) is 7.41. The van der Waals surface area contributed by atoms with Crippen LogP contribution < -0.4 is 19.6 Å². The number of aryl methyl sites for hydroxylation is 1. The molecule has 0 N–H and O–H groups in total. The van der Waals surface area contributed by atoms with Gasteiger partial charge in [0.15, 0.2) is 10.6 Å². The molecule has 1 aliphatic heterocycles. The Morgan fingerprint density at radius 1 is 1.07 bits per heavy atom. The summed E-state index contributed by atoms with van der Waals surface area (Å²) in [6.45, 7) is 5.89. The lowest BCUT2D eigenvalue weighted by Crippen LogP contribution is -2.39. The first-order chi connectivity index (χ1) is 20.1. The second kappa shape index (κ2) is 12.8. The highest BCUT2D eigenvalue weighted by Gasteiger charge is 2.33. The Balaban J connectivity index is 1.54. The fourth-order valence-electron chi connectivity index (χ4n) is 4.60. The lowest BCUT2D eigenvalue weighted by atomic mass is 9.95. The second-order valence-electron chi connectivity index (χ2n) is 9.55. The van der Waals surface area contributed by atoms with E-state index in [1.165, 1.54) is 11.3 Å². The fraction of sp³-hybridized carbons (Fsp3) is 0.194. The number of benzene rings is 3. The third kappa shape index (κ3) is 6.24. The van der Waals surface area contributed by atoms with Crippen molar-refractivity contribution in [2.24, 2.45) is 4.99 Å². The van der Waals surface area contributed by atoms with E-state index in [-0.39, 0.29) is 18.8 Å². The van der Waals surface area contributed by atoms with Gasteiger partial charge < -0.3 is 9.47 Å². The zero-order chi connectivity index (χ0) is 30.1. The van der Waals surface area contributed by atoms with Gasteiger partial charge in [-0.15, -0.1) is 0 Å². The summed E-state index contributed by atoms with van der Waals surface area (Å²) < 4.78 is 13.9. The van der Waals surface area contributed by atoms with Crippen molar-refractivity contribution in [2.75, 3.05) is 6.61 Å². The fourth-order valence-corrected chi connectivity index (χ4v) is 7.09. The number of hydrogen-bond donors (Lipinski definition) is 0. The molecular weight excluding hydrogens is 683 g/mol. The summed E-state index contributed by atoms with van der Waals surface area (Å²) in [4.78, 5) is 32.0. The summed E-state index contributed by atoms with van der Waals surface area (Å²) in [6.07, 6.45) is 1.75. The Bertz CT molecular complexity index is 1890. The SMILES string of the molecule is CCOC(=O)C1=C(C)N=c2s/c(=C/c3cc(Cl)c(OCc4ccc(Cl)cc4Cl)c(Br)c3)c(=O)n2[C@@H]1c1ccc(C)cc1.